The molecule has 19 heavy (non-hydrogen) atoms. The SMILES string of the molecule is C=CCOC(=O)N(CC(=O)O)c1ccccc1OC. The van der Waals surface area contributed by atoms with Gasteiger partial charge in [0.25, 0.3) is 0 Å². The Labute approximate surface area is 110 Å². The number of carboxylic acid groups (broad SMARTS) is 1. The first-order valence-corrected chi connectivity index (χ1v) is 5.50. The van der Waals surface area contributed by atoms with Crippen molar-refractivity contribution in [2.45, 2.75) is 0 Å². The van der Waals surface area contributed by atoms with Gasteiger partial charge >= 0.3 is 12.1 Å². The Morgan fingerprint density at radius 3 is 2.68 bits per heavy atom. The molecule has 1 rings (SSSR count). The fourth-order valence-electron chi connectivity index (χ4n) is 1.44. The molecule has 1 aromatic rings. The molecular weight excluding hydrogens is 250 g/mol. The van der Waals surface area contributed by atoms with Crippen LogP contribution in [0.1, 0.15) is 0 Å². The van der Waals surface area contributed by atoms with E-state index in [1.165, 1.54) is 13.2 Å². The van der Waals surface area contributed by atoms with Crippen molar-refractivity contribution >= 4 is 17.7 Å². The van der Waals surface area contributed by atoms with E-state index in [1.807, 2.05) is 0 Å². The Morgan fingerprint density at radius 1 is 1.42 bits per heavy atom. The van der Waals surface area contributed by atoms with Gasteiger partial charge in [-0.2, -0.15) is 0 Å². The molecule has 0 unspecified atom stereocenters. The zero-order valence-electron chi connectivity index (χ0n) is 10.5. The number of rotatable bonds is 6. The van der Waals surface area contributed by atoms with Crippen LogP contribution in [0, 0.1) is 0 Å². The molecule has 0 aliphatic carbocycles. The van der Waals surface area contributed by atoms with Crippen LogP contribution in [0.3, 0.4) is 0 Å². The van der Waals surface area contributed by atoms with Gasteiger partial charge in [-0.3, -0.25) is 9.69 Å². The number of carbonyl (C=O) groups is 2. The van der Waals surface area contributed by atoms with E-state index in [2.05, 4.69) is 6.58 Å². The van der Waals surface area contributed by atoms with E-state index in [4.69, 9.17) is 14.6 Å². The molecule has 0 heterocycles. The predicted octanol–water partition coefficient (Wildman–Crippen LogP) is 1.91. The molecule has 1 N–H and O–H groups in total. The van der Waals surface area contributed by atoms with Gasteiger partial charge in [-0.25, -0.2) is 4.79 Å². The molecule has 0 aliphatic rings. The Morgan fingerprint density at radius 2 is 2.11 bits per heavy atom. The molecule has 6 nitrogen and oxygen atoms in total. The fraction of sp³-hybridized carbons (Fsp3) is 0.231. The number of amides is 1. The van der Waals surface area contributed by atoms with Gasteiger partial charge in [0.15, 0.2) is 0 Å². The van der Waals surface area contributed by atoms with Crippen LogP contribution in [0.2, 0.25) is 0 Å². The second-order valence-corrected chi connectivity index (χ2v) is 3.52. The molecule has 1 aromatic carbocycles. The Kier molecular flexibility index (Phi) is 5.40. The van der Waals surface area contributed by atoms with Gasteiger partial charge in [0, 0.05) is 0 Å². The molecule has 6 heteroatoms. The highest BCUT2D eigenvalue weighted by molar-refractivity contribution is 5.94. The highest BCUT2D eigenvalue weighted by Gasteiger charge is 2.22. The summed E-state index contributed by atoms with van der Waals surface area (Å²) in [5, 5.41) is 8.87. The normalized spacial score (nSPS) is 9.53. The van der Waals surface area contributed by atoms with Crippen molar-refractivity contribution in [3.05, 3.63) is 36.9 Å². The van der Waals surface area contributed by atoms with Crippen LogP contribution in [0.25, 0.3) is 0 Å². The molecule has 1 amide bonds. The summed E-state index contributed by atoms with van der Waals surface area (Å²) >= 11 is 0. The van der Waals surface area contributed by atoms with E-state index < -0.39 is 18.6 Å². The van der Waals surface area contributed by atoms with Crippen molar-refractivity contribution in [1.82, 2.24) is 0 Å². The molecule has 0 saturated carbocycles. The maximum absolute atomic E-state index is 11.8. The second kappa shape index (κ2) is 7.05. The largest absolute Gasteiger partial charge is 0.495 e. The minimum atomic E-state index is -1.15. The first kappa shape index (κ1) is 14.6. The topological polar surface area (TPSA) is 76.1 Å². The fourth-order valence-corrected chi connectivity index (χ4v) is 1.44. The summed E-state index contributed by atoms with van der Waals surface area (Å²) in [5.74, 6) is -0.763. The lowest BCUT2D eigenvalue weighted by Crippen LogP contribution is -2.36. The highest BCUT2D eigenvalue weighted by atomic mass is 16.6. The molecule has 0 aliphatic heterocycles. The summed E-state index contributed by atoms with van der Waals surface area (Å²) in [6.07, 6.45) is 0.630. The number of anilines is 1. The number of aliphatic carboxylic acids is 1. The zero-order valence-corrected chi connectivity index (χ0v) is 10.5. The summed E-state index contributed by atoms with van der Waals surface area (Å²) in [7, 11) is 1.44. The van der Waals surface area contributed by atoms with Gasteiger partial charge in [0.05, 0.1) is 12.8 Å². The van der Waals surface area contributed by atoms with Crippen molar-refractivity contribution in [3.63, 3.8) is 0 Å². The highest BCUT2D eigenvalue weighted by Crippen LogP contribution is 2.27. The van der Waals surface area contributed by atoms with Gasteiger partial charge in [0.2, 0.25) is 0 Å². The number of hydrogen-bond acceptors (Lipinski definition) is 4. The van der Waals surface area contributed by atoms with Gasteiger partial charge in [-0.1, -0.05) is 24.8 Å². The zero-order chi connectivity index (χ0) is 14.3. The monoisotopic (exact) mass is 265 g/mol. The number of methoxy groups -OCH3 is 1. The van der Waals surface area contributed by atoms with Crippen LogP contribution < -0.4 is 9.64 Å². The number of hydrogen-bond donors (Lipinski definition) is 1. The minimum Gasteiger partial charge on any atom is -0.495 e. The standard InChI is InChI=1S/C13H15NO5/c1-3-8-19-13(17)14(9-12(15)16)10-6-4-5-7-11(10)18-2/h3-7H,1,8-9H2,2H3,(H,15,16). The average molecular weight is 265 g/mol. The van der Waals surface area contributed by atoms with Gasteiger partial charge in [-0.05, 0) is 12.1 Å². The maximum Gasteiger partial charge on any atom is 0.415 e. The predicted molar refractivity (Wildman–Crippen MR) is 69.5 cm³/mol. The van der Waals surface area contributed by atoms with Crippen molar-refractivity contribution in [2.24, 2.45) is 0 Å². The van der Waals surface area contributed by atoms with E-state index in [0.717, 1.165) is 4.90 Å². The molecule has 0 bridgehead atoms. The van der Waals surface area contributed by atoms with E-state index in [1.54, 1.807) is 24.3 Å². The number of ether oxygens (including phenoxy) is 2. The summed E-state index contributed by atoms with van der Waals surface area (Å²) in [6.45, 7) is 2.91. The van der Waals surface area contributed by atoms with Crippen LogP contribution in [-0.4, -0.2) is 37.4 Å². The van der Waals surface area contributed by atoms with Gasteiger partial charge in [0.1, 0.15) is 18.9 Å². The lowest BCUT2D eigenvalue weighted by atomic mass is 10.2. The summed E-state index contributed by atoms with van der Waals surface area (Å²) in [4.78, 5) is 23.7. The molecule has 102 valence electrons. The molecule has 0 radical (unpaired) electrons. The molecule has 0 fully saturated rings. The van der Waals surface area contributed by atoms with Crippen LogP contribution in [0.15, 0.2) is 36.9 Å². The number of benzene rings is 1. The van der Waals surface area contributed by atoms with Crippen molar-refractivity contribution < 1.29 is 24.2 Å². The van der Waals surface area contributed by atoms with E-state index in [9.17, 15) is 9.59 Å². The number of nitrogens with zero attached hydrogens (tertiary/aromatic N) is 1. The minimum absolute atomic E-state index is 0.00407. The number of carbonyl (C=O) groups excluding carboxylic acids is 1. The Hall–Kier alpha value is -2.50. The third kappa shape index (κ3) is 4.02. The van der Waals surface area contributed by atoms with Crippen molar-refractivity contribution in [1.29, 1.82) is 0 Å². The first-order chi connectivity index (χ1) is 9.10. The number of carboxylic acids is 1. The lowest BCUT2D eigenvalue weighted by molar-refractivity contribution is -0.135. The average Bonchev–Trinajstić information content (AvgIpc) is 2.42. The summed E-state index contributed by atoms with van der Waals surface area (Å²) < 4.78 is 9.96. The molecule has 0 atom stereocenters. The Bertz CT molecular complexity index is 472. The quantitative estimate of drug-likeness (QED) is 0.795. The molecular formula is C13H15NO5. The van der Waals surface area contributed by atoms with Crippen molar-refractivity contribution in [2.75, 3.05) is 25.2 Å². The lowest BCUT2D eigenvalue weighted by Gasteiger charge is -2.21. The summed E-state index contributed by atoms with van der Waals surface area (Å²) in [5.41, 5.74) is 0.335. The van der Waals surface area contributed by atoms with Gasteiger partial charge in [-0.15, -0.1) is 0 Å². The molecule has 0 aromatic heterocycles. The van der Waals surface area contributed by atoms with Crippen LogP contribution >= 0.6 is 0 Å². The smallest absolute Gasteiger partial charge is 0.415 e. The second-order valence-electron chi connectivity index (χ2n) is 3.52. The first-order valence-electron chi connectivity index (χ1n) is 5.50. The third-order valence-corrected chi connectivity index (χ3v) is 2.21. The number of para-hydroxylation sites is 2. The van der Waals surface area contributed by atoms with E-state index in [-0.39, 0.29) is 6.61 Å². The van der Waals surface area contributed by atoms with E-state index >= 15 is 0 Å². The third-order valence-electron chi connectivity index (χ3n) is 2.21. The van der Waals surface area contributed by atoms with Crippen LogP contribution in [0.4, 0.5) is 10.5 Å². The maximum atomic E-state index is 11.8. The summed E-state index contributed by atoms with van der Waals surface area (Å²) in [6, 6.07) is 6.60. The van der Waals surface area contributed by atoms with Crippen molar-refractivity contribution in [3.8, 4) is 5.75 Å². The van der Waals surface area contributed by atoms with E-state index in [0.29, 0.717) is 11.4 Å². The molecule has 0 saturated heterocycles. The van der Waals surface area contributed by atoms with Crippen LogP contribution in [-0.2, 0) is 9.53 Å². The van der Waals surface area contributed by atoms with Crippen LogP contribution in [0.5, 0.6) is 5.75 Å². The molecule has 0 spiro atoms. The van der Waals surface area contributed by atoms with Gasteiger partial charge < -0.3 is 14.6 Å². The Balaban J connectivity index is 3.04.